The predicted octanol–water partition coefficient (Wildman–Crippen LogP) is 5.14. The first-order chi connectivity index (χ1) is 19.9. The minimum Gasteiger partial charge on any atom is -0.497 e. The number of amides is 2. The van der Waals surface area contributed by atoms with Gasteiger partial charge in [0.2, 0.25) is 11.8 Å². The van der Waals surface area contributed by atoms with Crippen LogP contribution in [0.15, 0.2) is 77.1 Å². The van der Waals surface area contributed by atoms with E-state index < -0.39 is 5.91 Å². The van der Waals surface area contributed by atoms with Gasteiger partial charge < -0.3 is 34.2 Å². The van der Waals surface area contributed by atoms with Crippen molar-refractivity contribution in [3.8, 4) is 23.1 Å². The number of aromatic nitrogens is 2. The molecule has 0 fully saturated rings. The van der Waals surface area contributed by atoms with Crippen molar-refractivity contribution in [2.24, 2.45) is 10.2 Å². The van der Waals surface area contributed by atoms with Crippen molar-refractivity contribution in [1.29, 1.82) is 0 Å². The summed E-state index contributed by atoms with van der Waals surface area (Å²) in [5, 5.41) is 23.4. The number of fused-ring (bicyclic) bond motifs is 2. The van der Waals surface area contributed by atoms with E-state index in [0.717, 1.165) is 22.2 Å². The highest BCUT2D eigenvalue weighted by atomic mass is 16.5. The highest BCUT2D eigenvalue weighted by Gasteiger charge is 2.20. The maximum absolute atomic E-state index is 12.9. The maximum Gasteiger partial charge on any atom is 0.299 e. The highest BCUT2D eigenvalue weighted by Crippen LogP contribution is 2.39. The third-order valence-electron chi connectivity index (χ3n) is 6.78. The van der Waals surface area contributed by atoms with Gasteiger partial charge in [0.15, 0.2) is 17.2 Å². The number of ether oxygens (including phenoxy) is 3. The van der Waals surface area contributed by atoms with E-state index in [1.807, 2.05) is 24.4 Å². The smallest absolute Gasteiger partial charge is 0.299 e. The first-order valence-electron chi connectivity index (χ1n) is 12.8. The molecule has 2 amide bonds. The van der Waals surface area contributed by atoms with E-state index in [9.17, 15) is 14.7 Å². The van der Waals surface area contributed by atoms with Crippen LogP contribution in [0.25, 0.3) is 21.8 Å². The summed E-state index contributed by atoms with van der Waals surface area (Å²) in [6.45, 7) is 0.244. The molecule has 0 atom stereocenters. The van der Waals surface area contributed by atoms with Gasteiger partial charge in [0.1, 0.15) is 12.3 Å². The fraction of sp³-hybridized carbons (Fsp3) is 0.200. The Kier molecular flexibility index (Phi) is 7.86. The highest BCUT2D eigenvalue weighted by molar-refractivity contribution is 6.00. The molecule has 0 saturated carbocycles. The summed E-state index contributed by atoms with van der Waals surface area (Å²) in [6, 6.07) is 17.7. The van der Waals surface area contributed by atoms with Crippen molar-refractivity contribution in [2.75, 3.05) is 27.9 Å². The second-order valence-corrected chi connectivity index (χ2v) is 9.15. The van der Waals surface area contributed by atoms with E-state index in [0.29, 0.717) is 29.6 Å². The maximum atomic E-state index is 12.9. The Balaban J connectivity index is 1.32. The van der Waals surface area contributed by atoms with E-state index in [2.05, 4.69) is 20.5 Å². The van der Waals surface area contributed by atoms with Crippen LogP contribution in [-0.2, 0) is 17.8 Å². The number of aromatic amines is 1. The zero-order valence-electron chi connectivity index (χ0n) is 22.8. The lowest BCUT2D eigenvalue weighted by molar-refractivity contribution is -0.121. The van der Waals surface area contributed by atoms with Gasteiger partial charge in [-0.05, 0) is 48.4 Å². The second kappa shape index (κ2) is 11.8. The van der Waals surface area contributed by atoms with Gasteiger partial charge in [-0.3, -0.25) is 9.59 Å². The van der Waals surface area contributed by atoms with Gasteiger partial charge in [0, 0.05) is 29.0 Å². The quantitative estimate of drug-likeness (QED) is 0.204. The summed E-state index contributed by atoms with van der Waals surface area (Å²) >= 11 is 0. The van der Waals surface area contributed by atoms with Crippen LogP contribution < -0.4 is 19.5 Å². The van der Waals surface area contributed by atoms with Gasteiger partial charge in [0.05, 0.1) is 32.4 Å². The number of para-hydroxylation sites is 2. The monoisotopic (exact) mass is 555 g/mol. The van der Waals surface area contributed by atoms with Gasteiger partial charge in [-0.1, -0.05) is 24.3 Å². The summed E-state index contributed by atoms with van der Waals surface area (Å²) in [7, 11) is 4.51. The SMILES string of the molecule is COc1ccc2[nH]cc(CCNC(=O)Cn3c(O)c(N=NC(=O)c4cccc(OC)c4OC)c4ccccc43)c2c1. The number of H-pyrrole nitrogens is 1. The molecule has 210 valence electrons. The normalized spacial score (nSPS) is 11.3. The summed E-state index contributed by atoms with van der Waals surface area (Å²) in [4.78, 5) is 29.0. The van der Waals surface area contributed by atoms with E-state index >= 15 is 0 Å². The second-order valence-electron chi connectivity index (χ2n) is 9.15. The van der Waals surface area contributed by atoms with Crippen LogP contribution in [0.4, 0.5) is 5.69 Å². The molecule has 0 radical (unpaired) electrons. The molecule has 0 aliphatic rings. The zero-order chi connectivity index (χ0) is 28.9. The topological polar surface area (TPSA) is 140 Å². The predicted molar refractivity (Wildman–Crippen MR) is 154 cm³/mol. The number of hydrogen-bond acceptors (Lipinski definition) is 7. The number of benzene rings is 3. The van der Waals surface area contributed by atoms with Crippen LogP contribution in [0.3, 0.4) is 0 Å². The lowest BCUT2D eigenvalue weighted by Crippen LogP contribution is -2.29. The summed E-state index contributed by atoms with van der Waals surface area (Å²) in [5.74, 6) is 0.120. The molecule has 2 heterocycles. The fourth-order valence-electron chi connectivity index (χ4n) is 4.76. The Hall–Kier alpha value is -5.32. The number of carbonyl (C=O) groups excluding carboxylic acids is 2. The summed E-state index contributed by atoms with van der Waals surface area (Å²) in [5.41, 5.74) is 2.85. The number of carbonyl (C=O) groups is 2. The Morgan fingerprint density at radius 3 is 2.59 bits per heavy atom. The molecule has 11 heteroatoms. The zero-order valence-corrected chi connectivity index (χ0v) is 22.8. The molecule has 3 aromatic carbocycles. The van der Waals surface area contributed by atoms with Crippen molar-refractivity contribution in [1.82, 2.24) is 14.9 Å². The molecular formula is C30H29N5O6. The van der Waals surface area contributed by atoms with Crippen LogP contribution in [0.5, 0.6) is 23.1 Å². The molecular weight excluding hydrogens is 526 g/mol. The van der Waals surface area contributed by atoms with E-state index in [1.54, 1.807) is 49.6 Å². The van der Waals surface area contributed by atoms with Crippen molar-refractivity contribution in [3.05, 3.63) is 78.0 Å². The fourth-order valence-corrected chi connectivity index (χ4v) is 4.76. The summed E-state index contributed by atoms with van der Waals surface area (Å²) in [6.07, 6.45) is 2.52. The number of nitrogens with zero attached hydrogens (tertiary/aromatic N) is 3. The average molecular weight is 556 g/mol. The van der Waals surface area contributed by atoms with Gasteiger partial charge in [-0.2, -0.15) is 0 Å². The molecule has 41 heavy (non-hydrogen) atoms. The van der Waals surface area contributed by atoms with Crippen LogP contribution >= 0.6 is 0 Å². The number of methoxy groups -OCH3 is 3. The van der Waals surface area contributed by atoms with Crippen LogP contribution in [0.1, 0.15) is 15.9 Å². The average Bonchev–Trinajstić information content (AvgIpc) is 3.52. The van der Waals surface area contributed by atoms with E-state index in [1.165, 1.54) is 18.8 Å². The number of azo groups is 1. The third-order valence-corrected chi connectivity index (χ3v) is 6.78. The van der Waals surface area contributed by atoms with Crippen molar-refractivity contribution in [3.63, 3.8) is 0 Å². The lowest BCUT2D eigenvalue weighted by atomic mass is 10.1. The van der Waals surface area contributed by atoms with Crippen molar-refractivity contribution >= 4 is 39.3 Å². The Morgan fingerprint density at radius 2 is 1.80 bits per heavy atom. The Bertz CT molecular complexity index is 1770. The molecule has 3 N–H and O–H groups in total. The molecule has 0 aliphatic heterocycles. The lowest BCUT2D eigenvalue weighted by Gasteiger charge is -2.09. The number of aromatic hydroxyl groups is 1. The van der Waals surface area contributed by atoms with Crippen LogP contribution in [0.2, 0.25) is 0 Å². The standard InChI is InChI=1S/C30H29N5O6/c1-39-19-11-12-23-22(15-19)18(16-32-23)13-14-31-26(36)17-35-24-9-5-4-7-20(24)27(30(35)38)33-34-29(37)21-8-6-10-25(40-2)28(21)41-3/h4-12,15-16,32,38H,13-14,17H2,1-3H3,(H,31,36). The van der Waals surface area contributed by atoms with Gasteiger partial charge >= 0.3 is 0 Å². The number of hydrogen-bond donors (Lipinski definition) is 3. The molecule has 0 spiro atoms. The molecule has 0 bridgehead atoms. The minimum atomic E-state index is -0.676. The Labute approximate surface area is 235 Å². The number of nitrogens with one attached hydrogen (secondary N) is 2. The molecule has 0 unspecified atom stereocenters. The van der Waals surface area contributed by atoms with Crippen molar-refractivity contribution in [2.45, 2.75) is 13.0 Å². The number of rotatable bonds is 10. The molecule has 0 saturated heterocycles. The summed E-state index contributed by atoms with van der Waals surface area (Å²) < 4.78 is 17.3. The van der Waals surface area contributed by atoms with Gasteiger partial charge in [-0.25, -0.2) is 0 Å². The van der Waals surface area contributed by atoms with Crippen LogP contribution in [-0.4, -0.2) is 54.3 Å². The molecule has 5 rings (SSSR count). The minimum absolute atomic E-state index is 0.0800. The van der Waals surface area contributed by atoms with E-state index in [-0.39, 0.29) is 35.3 Å². The van der Waals surface area contributed by atoms with Crippen LogP contribution in [0, 0.1) is 0 Å². The first-order valence-corrected chi connectivity index (χ1v) is 12.8. The first kappa shape index (κ1) is 27.3. The third kappa shape index (κ3) is 5.42. The largest absolute Gasteiger partial charge is 0.497 e. The molecule has 5 aromatic rings. The van der Waals surface area contributed by atoms with Gasteiger partial charge in [-0.15, -0.1) is 10.2 Å². The molecule has 0 aliphatic carbocycles. The Morgan fingerprint density at radius 1 is 0.976 bits per heavy atom. The molecule has 11 nitrogen and oxygen atoms in total. The molecule has 2 aromatic heterocycles. The van der Waals surface area contributed by atoms with E-state index in [4.69, 9.17) is 14.2 Å². The van der Waals surface area contributed by atoms with Gasteiger partial charge in [0.25, 0.3) is 5.91 Å². The van der Waals surface area contributed by atoms with Crippen molar-refractivity contribution < 1.29 is 28.9 Å².